The molecule has 1 aromatic carbocycles. The fourth-order valence-corrected chi connectivity index (χ4v) is 4.70. The molecule has 148 valence electrons. The molecule has 8 nitrogen and oxygen atoms in total. The van der Waals surface area contributed by atoms with Gasteiger partial charge >= 0.3 is 5.76 Å². The number of rotatable bonds is 3. The maximum Gasteiger partial charge on any atom is 0.420 e. The van der Waals surface area contributed by atoms with Gasteiger partial charge in [0.2, 0.25) is 5.91 Å². The Labute approximate surface area is 170 Å². The Bertz CT molecular complexity index is 1220. The van der Waals surface area contributed by atoms with E-state index in [4.69, 9.17) is 4.42 Å². The number of anilines is 1. The third-order valence-electron chi connectivity index (χ3n) is 5.28. The molecule has 0 N–H and O–H groups in total. The van der Waals surface area contributed by atoms with E-state index in [1.165, 1.54) is 4.57 Å². The van der Waals surface area contributed by atoms with E-state index >= 15 is 0 Å². The van der Waals surface area contributed by atoms with Gasteiger partial charge in [-0.15, -0.1) is 0 Å². The van der Waals surface area contributed by atoms with Gasteiger partial charge in [-0.05, 0) is 31.2 Å². The molecule has 1 fully saturated rings. The molecule has 29 heavy (non-hydrogen) atoms. The van der Waals surface area contributed by atoms with E-state index in [9.17, 15) is 9.59 Å². The number of hydrogen-bond donors (Lipinski definition) is 0. The minimum absolute atomic E-state index is 0.0794. The Morgan fingerprint density at radius 1 is 1.14 bits per heavy atom. The van der Waals surface area contributed by atoms with Gasteiger partial charge in [0, 0.05) is 32.4 Å². The second-order valence-corrected chi connectivity index (χ2v) is 7.97. The molecule has 0 radical (unpaired) electrons. The molecule has 5 rings (SSSR count). The summed E-state index contributed by atoms with van der Waals surface area (Å²) in [7, 11) is 0. The molecule has 1 amide bonds. The SMILES string of the molecule is CC(C(=O)N1CCN(c2nc3cccnc3s2)CC1)n1c(=O)oc2ccccc21. The minimum atomic E-state index is -0.621. The van der Waals surface area contributed by atoms with Crippen molar-refractivity contribution in [1.82, 2.24) is 19.4 Å². The summed E-state index contributed by atoms with van der Waals surface area (Å²) in [5.74, 6) is -0.586. The van der Waals surface area contributed by atoms with E-state index in [0.29, 0.717) is 37.3 Å². The molecular formula is C20H19N5O3S. The number of fused-ring (bicyclic) bond motifs is 2. The molecule has 9 heteroatoms. The van der Waals surface area contributed by atoms with E-state index in [-0.39, 0.29) is 5.91 Å². The van der Waals surface area contributed by atoms with Crippen LogP contribution in [-0.2, 0) is 4.79 Å². The predicted octanol–water partition coefficient (Wildman–Crippen LogP) is 2.51. The molecule has 0 aliphatic carbocycles. The van der Waals surface area contributed by atoms with Gasteiger partial charge < -0.3 is 14.2 Å². The number of aromatic nitrogens is 3. The van der Waals surface area contributed by atoms with E-state index in [1.54, 1.807) is 47.6 Å². The highest BCUT2D eigenvalue weighted by atomic mass is 32.1. The quantitative estimate of drug-likeness (QED) is 0.517. The van der Waals surface area contributed by atoms with Gasteiger partial charge in [-0.3, -0.25) is 9.36 Å². The van der Waals surface area contributed by atoms with Crippen LogP contribution in [0.5, 0.6) is 0 Å². The first-order valence-electron chi connectivity index (χ1n) is 9.47. The highest BCUT2D eigenvalue weighted by molar-refractivity contribution is 7.21. The van der Waals surface area contributed by atoms with E-state index in [0.717, 1.165) is 15.5 Å². The number of carbonyl (C=O) groups is 1. The average molecular weight is 409 g/mol. The van der Waals surface area contributed by atoms with Crippen LogP contribution in [0.15, 0.2) is 51.8 Å². The lowest BCUT2D eigenvalue weighted by Gasteiger charge is -2.35. The van der Waals surface area contributed by atoms with Crippen molar-refractivity contribution >= 4 is 43.8 Å². The lowest BCUT2D eigenvalue weighted by molar-refractivity contribution is -0.134. The van der Waals surface area contributed by atoms with Crippen molar-refractivity contribution in [2.45, 2.75) is 13.0 Å². The topological polar surface area (TPSA) is 84.5 Å². The van der Waals surface area contributed by atoms with Crippen molar-refractivity contribution in [3.05, 3.63) is 53.1 Å². The monoisotopic (exact) mass is 409 g/mol. The van der Waals surface area contributed by atoms with Gasteiger partial charge in [0.1, 0.15) is 16.4 Å². The fraction of sp³-hybridized carbons (Fsp3) is 0.300. The van der Waals surface area contributed by atoms with Gasteiger partial charge in [-0.25, -0.2) is 14.8 Å². The van der Waals surface area contributed by atoms with Gasteiger partial charge in [0.05, 0.1) is 5.52 Å². The largest absolute Gasteiger partial charge is 0.420 e. The van der Waals surface area contributed by atoms with Gasteiger partial charge in [-0.1, -0.05) is 23.5 Å². The molecule has 1 aliphatic heterocycles. The zero-order valence-corrected chi connectivity index (χ0v) is 16.6. The molecule has 0 spiro atoms. The summed E-state index contributed by atoms with van der Waals surface area (Å²) in [6, 6.07) is 10.4. The van der Waals surface area contributed by atoms with Crippen LogP contribution >= 0.6 is 11.3 Å². The Morgan fingerprint density at radius 3 is 2.72 bits per heavy atom. The summed E-state index contributed by atoms with van der Waals surface area (Å²) in [6.07, 6.45) is 1.77. The molecule has 1 aliphatic rings. The fourth-order valence-electron chi connectivity index (χ4n) is 3.74. The predicted molar refractivity (Wildman–Crippen MR) is 111 cm³/mol. The number of thiazole rings is 1. The average Bonchev–Trinajstić information content (AvgIpc) is 3.33. The number of nitrogens with zero attached hydrogens (tertiary/aromatic N) is 5. The minimum Gasteiger partial charge on any atom is -0.408 e. The van der Waals surface area contributed by atoms with Crippen molar-refractivity contribution in [2.75, 3.05) is 31.1 Å². The zero-order chi connectivity index (χ0) is 20.0. The number of hydrogen-bond acceptors (Lipinski definition) is 7. The number of oxazole rings is 1. The van der Waals surface area contributed by atoms with Crippen LogP contribution in [-0.4, -0.2) is 51.5 Å². The van der Waals surface area contributed by atoms with Crippen LogP contribution in [0, 0.1) is 0 Å². The molecular weight excluding hydrogens is 390 g/mol. The third kappa shape index (κ3) is 3.07. The van der Waals surface area contributed by atoms with E-state index < -0.39 is 11.8 Å². The normalized spacial score (nSPS) is 15.9. The molecule has 0 saturated carbocycles. The Balaban J connectivity index is 1.31. The Morgan fingerprint density at radius 2 is 1.93 bits per heavy atom. The molecule has 4 aromatic rings. The second-order valence-electron chi connectivity index (χ2n) is 7.02. The highest BCUT2D eigenvalue weighted by Gasteiger charge is 2.29. The number of piperazine rings is 1. The molecule has 1 atom stereocenters. The first-order chi connectivity index (χ1) is 14.1. The van der Waals surface area contributed by atoms with Crippen molar-refractivity contribution in [3.63, 3.8) is 0 Å². The van der Waals surface area contributed by atoms with Gasteiger partial charge in [-0.2, -0.15) is 0 Å². The van der Waals surface area contributed by atoms with Crippen molar-refractivity contribution in [1.29, 1.82) is 0 Å². The van der Waals surface area contributed by atoms with Crippen LogP contribution in [0.25, 0.3) is 21.4 Å². The summed E-state index contributed by atoms with van der Waals surface area (Å²) in [5.41, 5.74) is 2.02. The highest BCUT2D eigenvalue weighted by Crippen LogP contribution is 2.28. The summed E-state index contributed by atoms with van der Waals surface area (Å²) < 4.78 is 6.71. The van der Waals surface area contributed by atoms with Crippen molar-refractivity contribution < 1.29 is 9.21 Å². The molecule has 4 heterocycles. The smallest absolute Gasteiger partial charge is 0.408 e. The number of pyridine rings is 1. The third-order valence-corrected chi connectivity index (χ3v) is 6.32. The second kappa shape index (κ2) is 7.00. The van der Waals surface area contributed by atoms with Crippen molar-refractivity contribution in [2.24, 2.45) is 0 Å². The van der Waals surface area contributed by atoms with Gasteiger partial charge in [0.15, 0.2) is 10.7 Å². The molecule has 1 saturated heterocycles. The van der Waals surface area contributed by atoms with Crippen LogP contribution < -0.4 is 10.7 Å². The summed E-state index contributed by atoms with van der Waals surface area (Å²) in [5, 5.41) is 0.927. The van der Waals surface area contributed by atoms with Crippen molar-refractivity contribution in [3.8, 4) is 0 Å². The number of carbonyl (C=O) groups excluding carboxylic acids is 1. The first-order valence-corrected chi connectivity index (χ1v) is 10.3. The molecule has 1 unspecified atom stereocenters. The lowest BCUT2D eigenvalue weighted by atomic mass is 10.2. The number of para-hydroxylation sites is 2. The molecule has 3 aromatic heterocycles. The maximum absolute atomic E-state index is 13.1. The summed E-state index contributed by atoms with van der Waals surface area (Å²) in [6.45, 7) is 4.30. The summed E-state index contributed by atoms with van der Waals surface area (Å²) in [4.78, 5) is 39.3. The summed E-state index contributed by atoms with van der Waals surface area (Å²) >= 11 is 1.56. The van der Waals surface area contributed by atoms with Crippen LogP contribution in [0.1, 0.15) is 13.0 Å². The van der Waals surface area contributed by atoms with E-state index in [2.05, 4.69) is 14.9 Å². The van der Waals surface area contributed by atoms with Gasteiger partial charge in [0.25, 0.3) is 0 Å². The van der Waals surface area contributed by atoms with Crippen LogP contribution in [0.2, 0.25) is 0 Å². The number of benzene rings is 1. The van der Waals surface area contributed by atoms with E-state index in [1.807, 2.05) is 18.2 Å². The standard InChI is InChI=1S/C20H19N5O3S/c1-13(25-15-6-2-3-7-16(15)28-20(25)27)18(26)23-9-11-24(12-10-23)19-22-14-5-4-8-21-17(14)29-19/h2-8,13H,9-12H2,1H3. The molecule has 0 bridgehead atoms. The first kappa shape index (κ1) is 17.9. The Hall–Kier alpha value is -3.20. The van der Waals surface area contributed by atoms with Crippen LogP contribution in [0.3, 0.4) is 0 Å². The maximum atomic E-state index is 13.1. The lowest BCUT2D eigenvalue weighted by Crippen LogP contribution is -2.50. The number of amides is 1. The van der Waals surface area contributed by atoms with Crippen LogP contribution in [0.4, 0.5) is 5.13 Å². The zero-order valence-electron chi connectivity index (χ0n) is 15.8. The Kier molecular flexibility index (Phi) is 4.31.